The lowest BCUT2D eigenvalue weighted by Crippen LogP contribution is -2.46. The summed E-state index contributed by atoms with van der Waals surface area (Å²) < 4.78 is 0. The normalized spacial score (nSPS) is 23.2. The van der Waals surface area contributed by atoms with Gasteiger partial charge in [-0.2, -0.15) is 0 Å². The Bertz CT molecular complexity index is 183. The van der Waals surface area contributed by atoms with Gasteiger partial charge in [0, 0.05) is 12.6 Å². The largest absolute Gasteiger partial charge is 0.315 e. The Labute approximate surface area is 102 Å². The van der Waals surface area contributed by atoms with Crippen molar-refractivity contribution in [2.75, 3.05) is 26.2 Å². The Morgan fingerprint density at radius 3 is 2.38 bits per heavy atom. The lowest BCUT2D eigenvalue weighted by molar-refractivity contribution is 0.0862. The Kier molecular flexibility index (Phi) is 5.77. The molecule has 1 fully saturated rings. The second-order valence-corrected chi connectivity index (χ2v) is 5.75. The third-order valence-corrected chi connectivity index (χ3v) is 4.35. The number of hydrogen-bond donors (Lipinski definition) is 1. The predicted octanol–water partition coefficient (Wildman–Crippen LogP) is 2.89. The highest BCUT2D eigenvalue weighted by Crippen LogP contribution is 2.34. The van der Waals surface area contributed by atoms with Gasteiger partial charge >= 0.3 is 0 Å². The number of nitrogens with zero attached hydrogens (tertiary/aromatic N) is 1. The highest BCUT2D eigenvalue weighted by atomic mass is 15.2. The van der Waals surface area contributed by atoms with Gasteiger partial charge in [0.05, 0.1) is 0 Å². The van der Waals surface area contributed by atoms with E-state index in [2.05, 4.69) is 37.9 Å². The van der Waals surface area contributed by atoms with Gasteiger partial charge in [0.25, 0.3) is 0 Å². The maximum Gasteiger partial charge on any atom is 0.0192 e. The Balaban J connectivity index is 2.24. The smallest absolute Gasteiger partial charge is 0.0192 e. The average Bonchev–Trinajstić information content (AvgIpc) is 2.30. The third kappa shape index (κ3) is 4.06. The molecule has 1 saturated heterocycles. The summed E-state index contributed by atoms with van der Waals surface area (Å²) in [5, 5.41) is 3.53. The van der Waals surface area contributed by atoms with Gasteiger partial charge < -0.3 is 5.32 Å². The van der Waals surface area contributed by atoms with Crippen molar-refractivity contribution in [2.24, 2.45) is 5.41 Å². The molecule has 1 rings (SSSR count). The quantitative estimate of drug-likeness (QED) is 0.701. The molecule has 0 radical (unpaired) electrons. The Hall–Kier alpha value is -0.0800. The first kappa shape index (κ1) is 14.0. The van der Waals surface area contributed by atoms with E-state index in [4.69, 9.17) is 0 Å². The van der Waals surface area contributed by atoms with E-state index in [1.807, 2.05) is 0 Å². The summed E-state index contributed by atoms with van der Waals surface area (Å²) in [6, 6.07) is 0.702. The van der Waals surface area contributed by atoms with E-state index in [1.165, 1.54) is 38.8 Å². The molecule has 1 atom stereocenters. The van der Waals surface area contributed by atoms with Gasteiger partial charge in [-0.05, 0) is 51.2 Å². The first-order valence-electron chi connectivity index (χ1n) is 7.06. The van der Waals surface area contributed by atoms with E-state index in [9.17, 15) is 0 Å². The highest BCUT2D eigenvalue weighted by Gasteiger charge is 2.29. The van der Waals surface area contributed by atoms with Gasteiger partial charge in [-0.1, -0.05) is 27.2 Å². The monoisotopic (exact) mass is 226 g/mol. The van der Waals surface area contributed by atoms with Gasteiger partial charge in [-0.3, -0.25) is 4.90 Å². The molecule has 0 spiro atoms. The van der Waals surface area contributed by atoms with Crippen molar-refractivity contribution in [1.29, 1.82) is 0 Å². The van der Waals surface area contributed by atoms with Crippen molar-refractivity contribution >= 4 is 0 Å². The fourth-order valence-electron chi connectivity index (χ4n) is 2.48. The predicted molar refractivity (Wildman–Crippen MR) is 71.8 cm³/mol. The van der Waals surface area contributed by atoms with Crippen LogP contribution in [0.15, 0.2) is 0 Å². The first-order chi connectivity index (χ1) is 7.61. The van der Waals surface area contributed by atoms with E-state index >= 15 is 0 Å². The zero-order valence-corrected chi connectivity index (χ0v) is 11.7. The molecule has 0 aromatic heterocycles. The molecular formula is C14H30N2. The van der Waals surface area contributed by atoms with Crippen LogP contribution in [0.4, 0.5) is 0 Å². The van der Waals surface area contributed by atoms with Gasteiger partial charge in [0.1, 0.15) is 0 Å². The summed E-state index contributed by atoms with van der Waals surface area (Å²) in [5.41, 5.74) is 0.618. The van der Waals surface area contributed by atoms with E-state index in [0.717, 1.165) is 13.1 Å². The summed E-state index contributed by atoms with van der Waals surface area (Å²) in [6.07, 6.45) is 5.33. The van der Waals surface area contributed by atoms with E-state index in [-0.39, 0.29) is 0 Å². The van der Waals surface area contributed by atoms with Crippen LogP contribution >= 0.6 is 0 Å². The zero-order chi connectivity index (χ0) is 12.0. The van der Waals surface area contributed by atoms with Gasteiger partial charge in [0.15, 0.2) is 0 Å². The number of nitrogens with one attached hydrogen (secondary N) is 1. The molecule has 0 aliphatic carbocycles. The van der Waals surface area contributed by atoms with Crippen LogP contribution < -0.4 is 5.32 Å². The molecule has 0 aromatic rings. The van der Waals surface area contributed by atoms with Gasteiger partial charge in [0.2, 0.25) is 0 Å². The van der Waals surface area contributed by atoms with E-state index < -0.39 is 0 Å². The molecule has 16 heavy (non-hydrogen) atoms. The molecule has 96 valence electrons. The fourth-order valence-corrected chi connectivity index (χ4v) is 2.48. The molecule has 1 aliphatic rings. The van der Waals surface area contributed by atoms with Crippen LogP contribution in [-0.4, -0.2) is 37.1 Å². The van der Waals surface area contributed by atoms with Crippen LogP contribution in [0.3, 0.4) is 0 Å². The van der Waals surface area contributed by atoms with Gasteiger partial charge in [-0.25, -0.2) is 0 Å². The molecule has 1 heterocycles. The van der Waals surface area contributed by atoms with Crippen molar-refractivity contribution in [3.63, 3.8) is 0 Å². The summed E-state index contributed by atoms with van der Waals surface area (Å²) >= 11 is 0. The van der Waals surface area contributed by atoms with Crippen LogP contribution in [0, 0.1) is 5.41 Å². The molecule has 1 aliphatic heterocycles. The molecule has 2 heteroatoms. The van der Waals surface area contributed by atoms with Crippen molar-refractivity contribution in [3.8, 4) is 0 Å². The van der Waals surface area contributed by atoms with E-state index in [0.29, 0.717) is 11.5 Å². The summed E-state index contributed by atoms with van der Waals surface area (Å²) in [4.78, 5) is 2.65. The first-order valence-corrected chi connectivity index (χ1v) is 7.06. The Morgan fingerprint density at radius 2 is 1.88 bits per heavy atom. The SMILES string of the molecule is CCCNCC(C)N1CCC(C)(CC)CC1. The molecule has 0 aromatic carbocycles. The number of likely N-dealkylation sites (tertiary alicyclic amines) is 1. The lowest BCUT2D eigenvalue weighted by atomic mass is 9.78. The molecule has 2 nitrogen and oxygen atoms in total. The molecular weight excluding hydrogens is 196 g/mol. The van der Waals surface area contributed by atoms with Crippen molar-refractivity contribution in [2.45, 2.75) is 59.4 Å². The minimum absolute atomic E-state index is 0.618. The second kappa shape index (κ2) is 6.61. The third-order valence-electron chi connectivity index (χ3n) is 4.35. The number of piperidine rings is 1. The van der Waals surface area contributed by atoms with Crippen molar-refractivity contribution < 1.29 is 0 Å². The number of hydrogen-bond acceptors (Lipinski definition) is 2. The summed E-state index contributed by atoms with van der Waals surface area (Å²) in [7, 11) is 0. The van der Waals surface area contributed by atoms with Gasteiger partial charge in [-0.15, -0.1) is 0 Å². The average molecular weight is 226 g/mol. The van der Waals surface area contributed by atoms with Crippen molar-refractivity contribution in [1.82, 2.24) is 10.2 Å². The highest BCUT2D eigenvalue weighted by molar-refractivity contribution is 4.83. The maximum atomic E-state index is 3.53. The lowest BCUT2D eigenvalue weighted by Gasteiger charge is -2.41. The van der Waals surface area contributed by atoms with Crippen LogP contribution in [0.25, 0.3) is 0 Å². The fraction of sp³-hybridized carbons (Fsp3) is 1.00. The van der Waals surface area contributed by atoms with Crippen LogP contribution in [-0.2, 0) is 0 Å². The zero-order valence-electron chi connectivity index (χ0n) is 11.7. The molecule has 1 unspecified atom stereocenters. The second-order valence-electron chi connectivity index (χ2n) is 5.75. The molecule has 0 amide bonds. The minimum atomic E-state index is 0.618. The molecule has 1 N–H and O–H groups in total. The number of rotatable bonds is 6. The Morgan fingerprint density at radius 1 is 1.25 bits per heavy atom. The standard InChI is InChI=1S/C14H30N2/c1-5-9-15-12-13(3)16-10-7-14(4,6-2)8-11-16/h13,15H,5-12H2,1-4H3. The summed E-state index contributed by atoms with van der Waals surface area (Å²) in [5.74, 6) is 0. The summed E-state index contributed by atoms with van der Waals surface area (Å²) in [6.45, 7) is 14.3. The minimum Gasteiger partial charge on any atom is -0.315 e. The van der Waals surface area contributed by atoms with Crippen LogP contribution in [0.5, 0.6) is 0 Å². The van der Waals surface area contributed by atoms with Crippen molar-refractivity contribution in [3.05, 3.63) is 0 Å². The van der Waals surface area contributed by atoms with Crippen LogP contribution in [0.1, 0.15) is 53.4 Å². The molecule has 0 saturated carbocycles. The van der Waals surface area contributed by atoms with Crippen LogP contribution in [0.2, 0.25) is 0 Å². The topological polar surface area (TPSA) is 15.3 Å². The van der Waals surface area contributed by atoms with E-state index in [1.54, 1.807) is 0 Å². The maximum absolute atomic E-state index is 3.53. The molecule has 0 bridgehead atoms.